The third-order valence-electron chi connectivity index (χ3n) is 3.55. The van der Waals surface area contributed by atoms with Gasteiger partial charge in [-0.1, -0.05) is 17.7 Å². The molecule has 22 heavy (non-hydrogen) atoms. The number of imide groups is 1. The lowest BCUT2D eigenvalue weighted by molar-refractivity contribution is 0.0924. The Morgan fingerprint density at radius 3 is 2.55 bits per heavy atom. The summed E-state index contributed by atoms with van der Waals surface area (Å²) in [5.41, 5.74) is 1.91. The summed E-state index contributed by atoms with van der Waals surface area (Å²) >= 11 is 6.15. The molecule has 0 bridgehead atoms. The van der Waals surface area contributed by atoms with Crippen molar-refractivity contribution in [1.29, 1.82) is 5.26 Å². The van der Waals surface area contributed by atoms with Crippen LogP contribution in [-0.4, -0.2) is 16.8 Å². The number of carbonyl (C=O) groups is 2. The Hall–Kier alpha value is -2.71. The molecule has 0 saturated heterocycles. The fourth-order valence-electron chi connectivity index (χ4n) is 2.44. The van der Waals surface area contributed by atoms with Gasteiger partial charge in [-0.05, 0) is 37.6 Å². The first kappa shape index (κ1) is 14.2. The van der Waals surface area contributed by atoms with Gasteiger partial charge >= 0.3 is 0 Å². The van der Waals surface area contributed by atoms with E-state index in [0.717, 1.165) is 4.90 Å². The first-order chi connectivity index (χ1) is 10.5. The van der Waals surface area contributed by atoms with Crippen LogP contribution in [0, 0.1) is 25.2 Å². The van der Waals surface area contributed by atoms with E-state index in [1.807, 2.05) is 6.07 Å². The minimum Gasteiger partial charge on any atom is -0.268 e. The predicted molar refractivity (Wildman–Crippen MR) is 81.0 cm³/mol. The van der Waals surface area contributed by atoms with Gasteiger partial charge in [0.2, 0.25) is 0 Å². The van der Waals surface area contributed by atoms with Gasteiger partial charge in [0.05, 0.1) is 21.8 Å². The molecular formula is C16H10ClN3O2. The van der Waals surface area contributed by atoms with Crippen molar-refractivity contribution in [1.82, 2.24) is 4.98 Å². The highest BCUT2D eigenvalue weighted by Crippen LogP contribution is 2.36. The summed E-state index contributed by atoms with van der Waals surface area (Å²) in [6, 6.07) is 8.47. The van der Waals surface area contributed by atoms with Crippen LogP contribution < -0.4 is 4.90 Å². The van der Waals surface area contributed by atoms with E-state index in [-0.39, 0.29) is 27.5 Å². The molecule has 0 saturated carbocycles. The number of anilines is 1. The Morgan fingerprint density at radius 2 is 1.86 bits per heavy atom. The Morgan fingerprint density at radius 1 is 1.14 bits per heavy atom. The number of nitriles is 1. The van der Waals surface area contributed by atoms with Gasteiger partial charge in [-0.2, -0.15) is 5.26 Å². The van der Waals surface area contributed by atoms with Crippen LogP contribution in [-0.2, 0) is 0 Å². The van der Waals surface area contributed by atoms with Gasteiger partial charge in [-0.15, -0.1) is 0 Å². The molecular weight excluding hydrogens is 302 g/mol. The third-order valence-corrected chi connectivity index (χ3v) is 3.85. The van der Waals surface area contributed by atoms with Gasteiger partial charge in [-0.25, -0.2) is 9.88 Å². The van der Waals surface area contributed by atoms with Crippen LogP contribution in [0.25, 0.3) is 0 Å². The third kappa shape index (κ3) is 1.89. The molecule has 2 aromatic rings. The number of benzene rings is 1. The van der Waals surface area contributed by atoms with Gasteiger partial charge in [0.25, 0.3) is 11.8 Å². The number of halogens is 1. The van der Waals surface area contributed by atoms with E-state index >= 15 is 0 Å². The van der Waals surface area contributed by atoms with E-state index < -0.39 is 11.8 Å². The lowest BCUT2D eigenvalue weighted by Crippen LogP contribution is -2.30. The molecule has 108 valence electrons. The van der Waals surface area contributed by atoms with Gasteiger partial charge in [0.1, 0.15) is 11.8 Å². The SMILES string of the molecule is Cc1ccc2c(n1)C(=O)N(c1c(Cl)ccc(C)c1C#N)C2=O. The maximum absolute atomic E-state index is 12.6. The van der Waals surface area contributed by atoms with Crippen LogP contribution in [0.2, 0.25) is 5.02 Å². The van der Waals surface area contributed by atoms with Crippen LogP contribution in [0.4, 0.5) is 5.69 Å². The highest BCUT2D eigenvalue weighted by Gasteiger charge is 2.40. The highest BCUT2D eigenvalue weighted by molar-refractivity contribution is 6.40. The van der Waals surface area contributed by atoms with Crippen molar-refractivity contribution in [3.8, 4) is 6.07 Å². The second-order valence-corrected chi connectivity index (χ2v) is 5.40. The number of nitrogens with zero attached hydrogens (tertiary/aromatic N) is 3. The van der Waals surface area contributed by atoms with Crippen molar-refractivity contribution in [3.63, 3.8) is 0 Å². The van der Waals surface area contributed by atoms with Crippen molar-refractivity contribution >= 4 is 29.1 Å². The molecule has 0 spiro atoms. The summed E-state index contributed by atoms with van der Waals surface area (Å²) in [5.74, 6) is -1.08. The number of carbonyl (C=O) groups excluding carboxylic acids is 2. The minimum absolute atomic E-state index is 0.0893. The summed E-state index contributed by atoms with van der Waals surface area (Å²) in [4.78, 5) is 30.2. The lowest BCUT2D eigenvalue weighted by Gasteiger charge is -2.17. The molecule has 3 rings (SSSR count). The van der Waals surface area contributed by atoms with Crippen molar-refractivity contribution in [2.24, 2.45) is 0 Å². The first-order valence-electron chi connectivity index (χ1n) is 6.51. The summed E-state index contributed by atoms with van der Waals surface area (Å²) in [5, 5.41) is 9.52. The molecule has 1 aliphatic heterocycles. The molecule has 0 N–H and O–H groups in total. The number of amides is 2. The number of hydrogen-bond acceptors (Lipinski definition) is 4. The molecule has 0 fully saturated rings. The summed E-state index contributed by atoms with van der Waals surface area (Å²) in [6.07, 6.45) is 0. The highest BCUT2D eigenvalue weighted by atomic mass is 35.5. The maximum atomic E-state index is 12.6. The molecule has 0 radical (unpaired) electrons. The maximum Gasteiger partial charge on any atom is 0.284 e. The van der Waals surface area contributed by atoms with Gasteiger partial charge in [-0.3, -0.25) is 9.59 Å². The standard InChI is InChI=1S/C16H10ClN3O2/c1-8-3-6-12(17)14(11(8)7-18)20-15(21)10-5-4-9(2)19-13(10)16(20)22/h3-6H,1-2H3. The van der Waals surface area contributed by atoms with Gasteiger partial charge in [0, 0.05) is 5.69 Å². The molecule has 6 heteroatoms. The summed E-state index contributed by atoms with van der Waals surface area (Å²) in [7, 11) is 0. The fourth-order valence-corrected chi connectivity index (χ4v) is 2.68. The topological polar surface area (TPSA) is 74.1 Å². The van der Waals surface area contributed by atoms with Crippen molar-refractivity contribution in [2.45, 2.75) is 13.8 Å². The predicted octanol–water partition coefficient (Wildman–Crippen LogP) is 3.02. The monoisotopic (exact) mass is 311 g/mol. The first-order valence-corrected chi connectivity index (χ1v) is 6.89. The second kappa shape index (κ2) is 4.93. The van der Waals surface area contributed by atoms with Crippen molar-refractivity contribution < 1.29 is 9.59 Å². The smallest absolute Gasteiger partial charge is 0.268 e. The van der Waals surface area contributed by atoms with Gasteiger partial charge in [0.15, 0.2) is 0 Å². The Balaban J connectivity index is 2.25. The molecule has 1 aliphatic rings. The number of pyridine rings is 1. The van der Waals surface area contributed by atoms with Crippen molar-refractivity contribution in [3.05, 3.63) is 57.4 Å². The van der Waals surface area contributed by atoms with Crippen LogP contribution >= 0.6 is 11.6 Å². The van der Waals surface area contributed by atoms with Crippen molar-refractivity contribution in [2.75, 3.05) is 4.90 Å². The van der Waals surface area contributed by atoms with Crippen LogP contribution in [0.5, 0.6) is 0 Å². The number of fused-ring (bicyclic) bond motifs is 1. The molecule has 0 aliphatic carbocycles. The molecule has 1 aromatic carbocycles. The zero-order valence-corrected chi connectivity index (χ0v) is 12.6. The van der Waals surface area contributed by atoms with E-state index in [1.54, 1.807) is 38.1 Å². The van der Waals surface area contributed by atoms with E-state index in [2.05, 4.69) is 4.98 Å². The minimum atomic E-state index is -0.562. The Labute approximate surface area is 131 Å². The Bertz CT molecular complexity index is 884. The van der Waals surface area contributed by atoms with E-state index in [4.69, 9.17) is 11.6 Å². The van der Waals surface area contributed by atoms with Crippen LogP contribution in [0.3, 0.4) is 0 Å². The number of aryl methyl sites for hydroxylation is 2. The fraction of sp³-hybridized carbons (Fsp3) is 0.125. The average Bonchev–Trinajstić information content (AvgIpc) is 2.73. The summed E-state index contributed by atoms with van der Waals surface area (Å²) < 4.78 is 0. The molecule has 0 unspecified atom stereocenters. The number of hydrogen-bond donors (Lipinski definition) is 0. The van der Waals surface area contributed by atoms with Gasteiger partial charge < -0.3 is 0 Å². The normalized spacial score (nSPS) is 13.3. The molecule has 5 nitrogen and oxygen atoms in total. The van der Waals surface area contributed by atoms with E-state index in [9.17, 15) is 14.9 Å². The largest absolute Gasteiger partial charge is 0.284 e. The quantitative estimate of drug-likeness (QED) is 0.759. The zero-order chi connectivity index (χ0) is 16.0. The summed E-state index contributed by atoms with van der Waals surface area (Å²) in [6.45, 7) is 3.46. The van der Waals surface area contributed by atoms with Crippen LogP contribution in [0.1, 0.15) is 37.7 Å². The Kier molecular flexibility index (Phi) is 3.19. The number of aromatic nitrogens is 1. The van der Waals surface area contributed by atoms with Crippen LogP contribution in [0.15, 0.2) is 24.3 Å². The molecule has 1 aromatic heterocycles. The zero-order valence-electron chi connectivity index (χ0n) is 11.8. The van der Waals surface area contributed by atoms with E-state index in [1.165, 1.54) is 0 Å². The average molecular weight is 312 g/mol. The number of rotatable bonds is 1. The molecule has 0 atom stereocenters. The lowest BCUT2D eigenvalue weighted by atomic mass is 10.1. The van der Waals surface area contributed by atoms with E-state index in [0.29, 0.717) is 11.3 Å². The molecule has 2 amide bonds. The molecule has 2 heterocycles. The second-order valence-electron chi connectivity index (χ2n) is 4.99.